The van der Waals surface area contributed by atoms with Crippen LogP contribution in [-0.4, -0.2) is 10.0 Å². The predicted molar refractivity (Wildman–Crippen MR) is 82.5 cm³/mol. The molecule has 1 unspecified atom stereocenters. The normalized spacial score (nSPS) is 11.9. The molecule has 5 nitrogen and oxygen atoms in total. The van der Waals surface area contributed by atoms with Crippen LogP contribution in [0.3, 0.4) is 0 Å². The number of nitro groups is 1. The van der Waals surface area contributed by atoms with Crippen molar-refractivity contribution in [2.45, 2.75) is 25.8 Å². The summed E-state index contributed by atoms with van der Waals surface area (Å²) in [4.78, 5) is 10.5. The lowest BCUT2D eigenvalue weighted by Gasteiger charge is -2.20. The number of hydrogen-bond donors (Lipinski definition) is 2. The maximum atomic E-state index is 10.9. The van der Waals surface area contributed by atoms with Crippen LogP contribution in [0.5, 0.6) is 5.75 Å². The van der Waals surface area contributed by atoms with Crippen molar-refractivity contribution in [3.05, 3.63) is 64.2 Å². The molecule has 21 heavy (non-hydrogen) atoms. The highest BCUT2D eigenvalue weighted by molar-refractivity contribution is 5.49. The van der Waals surface area contributed by atoms with Gasteiger partial charge >= 0.3 is 0 Å². The molecule has 0 saturated heterocycles. The van der Waals surface area contributed by atoms with Crippen LogP contribution < -0.4 is 5.32 Å². The molecule has 0 heterocycles. The number of aromatic hydroxyl groups is 1. The van der Waals surface area contributed by atoms with Gasteiger partial charge in [0.25, 0.3) is 5.69 Å². The predicted octanol–water partition coefficient (Wildman–Crippen LogP) is 4.25. The first-order chi connectivity index (χ1) is 10.1. The average molecular weight is 286 g/mol. The topological polar surface area (TPSA) is 75.4 Å². The fourth-order valence-electron chi connectivity index (χ4n) is 2.22. The molecule has 110 valence electrons. The molecular formula is C16H18N2O3. The van der Waals surface area contributed by atoms with E-state index in [0.717, 1.165) is 24.1 Å². The summed E-state index contributed by atoms with van der Waals surface area (Å²) in [5.41, 5.74) is 1.86. The molecule has 2 aromatic rings. The summed E-state index contributed by atoms with van der Waals surface area (Å²) < 4.78 is 0. The van der Waals surface area contributed by atoms with Gasteiger partial charge in [-0.2, -0.15) is 0 Å². The third kappa shape index (κ3) is 3.95. The maximum absolute atomic E-state index is 10.9. The second-order valence-electron chi connectivity index (χ2n) is 4.88. The fraction of sp³-hybridized carbons (Fsp3) is 0.250. The molecule has 0 aliphatic heterocycles. The van der Waals surface area contributed by atoms with Gasteiger partial charge in [-0.15, -0.1) is 0 Å². The second-order valence-corrected chi connectivity index (χ2v) is 4.88. The zero-order valence-electron chi connectivity index (χ0n) is 11.8. The Morgan fingerprint density at radius 2 is 1.95 bits per heavy atom. The fourth-order valence-corrected chi connectivity index (χ4v) is 2.22. The summed E-state index contributed by atoms with van der Waals surface area (Å²) in [5, 5.41) is 23.5. The van der Waals surface area contributed by atoms with Crippen molar-refractivity contribution in [3.8, 4) is 5.75 Å². The molecule has 2 rings (SSSR count). The van der Waals surface area contributed by atoms with E-state index in [1.807, 2.05) is 6.07 Å². The Bertz CT molecular complexity index is 611. The number of hydrogen-bond acceptors (Lipinski definition) is 4. The largest absolute Gasteiger partial charge is 0.508 e. The smallest absolute Gasteiger partial charge is 0.269 e. The lowest BCUT2D eigenvalue weighted by atomic mass is 10.0. The van der Waals surface area contributed by atoms with E-state index >= 15 is 0 Å². The first-order valence-corrected chi connectivity index (χ1v) is 6.90. The van der Waals surface area contributed by atoms with Crippen LogP contribution in [0.25, 0.3) is 0 Å². The first-order valence-electron chi connectivity index (χ1n) is 6.90. The first kappa shape index (κ1) is 14.8. The Kier molecular flexibility index (Phi) is 4.77. The van der Waals surface area contributed by atoms with E-state index in [9.17, 15) is 15.2 Å². The number of nitrogens with zero attached hydrogens (tertiary/aromatic N) is 1. The van der Waals surface area contributed by atoms with Crippen molar-refractivity contribution in [2.75, 3.05) is 5.32 Å². The Labute approximate surface area is 123 Å². The SMILES string of the molecule is CCCC(Nc1ccc(O)cc1)c1cccc([N+](=O)[O-])c1. The molecule has 0 bridgehead atoms. The molecule has 0 spiro atoms. The number of nitro benzene ring substituents is 1. The summed E-state index contributed by atoms with van der Waals surface area (Å²) in [6.45, 7) is 2.07. The molecular weight excluding hydrogens is 268 g/mol. The molecule has 2 N–H and O–H groups in total. The Morgan fingerprint density at radius 1 is 1.24 bits per heavy atom. The minimum Gasteiger partial charge on any atom is -0.508 e. The Morgan fingerprint density at radius 3 is 2.57 bits per heavy atom. The number of nitrogens with one attached hydrogen (secondary N) is 1. The highest BCUT2D eigenvalue weighted by Crippen LogP contribution is 2.27. The summed E-state index contributed by atoms with van der Waals surface area (Å²) in [6.07, 6.45) is 1.82. The van der Waals surface area contributed by atoms with Crippen molar-refractivity contribution in [3.63, 3.8) is 0 Å². The Balaban J connectivity index is 2.23. The van der Waals surface area contributed by atoms with Crippen molar-refractivity contribution in [1.29, 1.82) is 0 Å². The van der Waals surface area contributed by atoms with Crippen LogP contribution in [0.4, 0.5) is 11.4 Å². The van der Waals surface area contributed by atoms with E-state index in [0.29, 0.717) is 0 Å². The van der Waals surface area contributed by atoms with E-state index in [-0.39, 0.29) is 22.4 Å². The summed E-state index contributed by atoms with van der Waals surface area (Å²) in [6, 6.07) is 13.5. The van der Waals surface area contributed by atoms with Gasteiger partial charge in [-0.25, -0.2) is 0 Å². The van der Waals surface area contributed by atoms with Crippen molar-refractivity contribution in [2.24, 2.45) is 0 Å². The van der Waals surface area contributed by atoms with Crippen LogP contribution in [0.15, 0.2) is 48.5 Å². The van der Waals surface area contributed by atoms with Gasteiger partial charge in [0.1, 0.15) is 5.75 Å². The molecule has 0 radical (unpaired) electrons. The third-order valence-electron chi connectivity index (χ3n) is 3.27. The molecule has 0 aliphatic rings. The van der Waals surface area contributed by atoms with Gasteiger partial charge in [-0.1, -0.05) is 25.5 Å². The molecule has 5 heteroatoms. The average Bonchev–Trinajstić information content (AvgIpc) is 2.49. The van der Waals surface area contributed by atoms with Crippen molar-refractivity contribution in [1.82, 2.24) is 0 Å². The molecule has 2 aromatic carbocycles. The minimum absolute atomic E-state index is 0.000516. The van der Waals surface area contributed by atoms with Crippen molar-refractivity contribution >= 4 is 11.4 Å². The van der Waals surface area contributed by atoms with E-state index < -0.39 is 0 Å². The van der Waals surface area contributed by atoms with Gasteiger partial charge in [0.05, 0.1) is 11.0 Å². The number of rotatable bonds is 6. The number of non-ortho nitro benzene ring substituents is 1. The van der Waals surface area contributed by atoms with Gasteiger partial charge in [0.2, 0.25) is 0 Å². The minimum atomic E-state index is -0.382. The van der Waals surface area contributed by atoms with Crippen LogP contribution in [0, 0.1) is 10.1 Å². The van der Waals surface area contributed by atoms with Crippen LogP contribution in [-0.2, 0) is 0 Å². The quantitative estimate of drug-likeness (QED) is 0.473. The summed E-state index contributed by atoms with van der Waals surface area (Å²) in [7, 11) is 0. The van der Waals surface area contributed by atoms with Crippen LogP contribution in [0.2, 0.25) is 0 Å². The van der Waals surface area contributed by atoms with Gasteiger partial charge in [-0.05, 0) is 36.2 Å². The molecule has 1 atom stereocenters. The number of anilines is 1. The number of phenolic OH excluding ortho intramolecular Hbond substituents is 1. The molecule has 0 fully saturated rings. The highest BCUT2D eigenvalue weighted by atomic mass is 16.6. The van der Waals surface area contributed by atoms with Gasteiger partial charge in [0.15, 0.2) is 0 Å². The number of phenols is 1. The van der Waals surface area contributed by atoms with Crippen molar-refractivity contribution < 1.29 is 10.0 Å². The molecule has 0 saturated carbocycles. The van der Waals surface area contributed by atoms with E-state index in [4.69, 9.17) is 0 Å². The molecule has 0 aromatic heterocycles. The summed E-state index contributed by atoms with van der Waals surface area (Å²) in [5.74, 6) is 0.211. The lowest BCUT2D eigenvalue weighted by Crippen LogP contribution is -2.10. The van der Waals surface area contributed by atoms with E-state index in [1.165, 1.54) is 6.07 Å². The zero-order valence-corrected chi connectivity index (χ0v) is 11.8. The van der Waals surface area contributed by atoms with Crippen LogP contribution in [0.1, 0.15) is 31.4 Å². The third-order valence-corrected chi connectivity index (χ3v) is 3.27. The zero-order chi connectivity index (χ0) is 15.2. The van der Waals surface area contributed by atoms with E-state index in [2.05, 4.69) is 12.2 Å². The van der Waals surface area contributed by atoms with E-state index in [1.54, 1.807) is 36.4 Å². The molecule has 0 aliphatic carbocycles. The Hall–Kier alpha value is -2.56. The maximum Gasteiger partial charge on any atom is 0.269 e. The molecule has 0 amide bonds. The second kappa shape index (κ2) is 6.74. The van der Waals surface area contributed by atoms with Crippen LogP contribution >= 0.6 is 0 Å². The van der Waals surface area contributed by atoms with Gasteiger partial charge in [-0.3, -0.25) is 10.1 Å². The monoisotopic (exact) mass is 286 g/mol. The number of benzene rings is 2. The lowest BCUT2D eigenvalue weighted by molar-refractivity contribution is -0.384. The van der Waals surface area contributed by atoms with Gasteiger partial charge in [0, 0.05) is 17.8 Å². The summed E-state index contributed by atoms with van der Waals surface area (Å²) >= 11 is 0. The standard InChI is InChI=1S/C16H18N2O3/c1-2-4-16(17-13-7-9-15(19)10-8-13)12-5-3-6-14(11-12)18(20)21/h3,5-11,16-17,19H,2,4H2,1H3. The van der Waals surface area contributed by atoms with Gasteiger partial charge < -0.3 is 10.4 Å². The highest BCUT2D eigenvalue weighted by Gasteiger charge is 2.14.